The summed E-state index contributed by atoms with van der Waals surface area (Å²) < 4.78 is 18.8. The number of nitrogens with one attached hydrogen (secondary N) is 1. The van der Waals surface area contributed by atoms with Crippen LogP contribution in [0.4, 0.5) is 10.2 Å². The van der Waals surface area contributed by atoms with Gasteiger partial charge in [0.05, 0.1) is 7.11 Å². The molecule has 0 aliphatic rings. The van der Waals surface area contributed by atoms with E-state index in [1.807, 2.05) is 12.1 Å². The van der Waals surface area contributed by atoms with Gasteiger partial charge in [-0.1, -0.05) is 12.1 Å². The van der Waals surface area contributed by atoms with E-state index >= 15 is 0 Å². The SMILES string of the molecule is CNc1nc(-c2ccncn2)nc2c(OC)cc(-c3ccc(F)cc3)cc12. The van der Waals surface area contributed by atoms with Crippen LogP contribution in [0.2, 0.25) is 0 Å². The number of hydrogen-bond donors (Lipinski definition) is 1. The molecule has 4 rings (SSSR count). The molecule has 0 aliphatic carbocycles. The third-order valence-corrected chi connectivity index (χ3v) is 4.21. The largest absolute Gasteiger partial charge is 0.494 e. The van der Waals surface area contributed by atoms with Crippen LogP contribution < -0.4 is 10.1 Å². The molecule has 0 saturated carbocycles. The van der Waals surface area contributed by atoms with Crippen molar-refractivity contribution in [2.24, 2.45) is 0 Å². The predicted octanol–water partition coefficient (Wildman–Crippen LogP) is 3.94. The molecule has 6 nitrogen and oxygen atoms in total. The van der Waals surface area contributed by atoms with Gasteiger partial charge in [0.15, 0.2) is 5.82 Å². The van der Waals surface area contributed by atoms with Crippen molar-refractivity contribution in [1.82, 2.24) is 19.9 Å². The Balaban J connectivity index is 1.96. The smallest absolute Gasteiger partial charge is 0.181 e. The van der Waals surface area contributed by atoms with E-state index in [1.165, 1.54) is 18.5 Å². The van der Waals surface area contributed by atoms with Crippen molar-refractivity contribution in [2.75, 3.05) is 19.5 Å². The first-order valence-electron chi connectivity index (χ1n) is 8.29. The number of methoxy groups -OCH3 is 1. The van der Waals surface area contributed by atoms with Crippen LogP contribution in [0, 0.1) is 5.82 Å². The number of halogens is 1. The summed E-state index contributed by atoms with van der Waals surface area (Å²) in [5, 5.41) is 3.91. The van der Waals surface area contributed by atoms with E-state index in [0.29, 0.717) is 28.6 Å². The summed E-state index contributed by atoms with van der Waals surface area (Å²) in [6.45, 7) is 0. The van der Waals surface area contributed by atoms with E-state index in [1.54, 1.807) is 38.6 Å². The van der Waals surface area contributed by atoms with Gasteiger partial charge in [-0.15, -0.1) is 0 Å². The van der Waals surface area contributed by atoms with Crippen LogP contribution in [0.5, 0.6) is 5.75 Å². The molecule has 0 amide bonds. The van der Waals surface area contributed by atoms with Crippen molar-refractivity contribution < 1.29 is 9.13 Å². The Labute approximate surface area is 155 Å². The first-order valence-corrected chi connectivity index (χ1v) is 8.29. The molecular formula is C20H16FN5O. The number of fused-ring (bicyclic) bond motifs is 1. The van der Waals surface area contributed by atoms with Gasteiger partial charge in [0.1, 0.15) is 34.9 Å². The standard InChI is InChI=1S/C20H16FN5O/c1-22-19-15-9-13(12-3-5-14(21)6-4-12)10-17(27-2)18(15)25-20(26-19)16-7-8-23-11-24-16/h3-11H,1-2H3,(H,22,25,26). The molecule has 0 atom stereocenters. The number of ether oxygens (including phenoxy) is 1. The van der Waals surface area contributed by atoms with Gasteiger partial charge in [0.25, 0.3) is 0 Å². The topological polar surface area (TPSA) is 72.8 Å². The lowest BCUT2D eigenvalue weighted by molar-refractivity contribution is 0.419. The van der Waals surface area contributed by atoms with Crippen LogP contribution in [0.1, 0.15) is 0 Å². The normalized spacial score (nSPS) is 10.8. The minimum atomic E-state index is -0.278. The van der Waals surface area contributed by atoms with E-state index in [-0.39, 0.29) is 5.82 Å². The van der Waals surface area contributed by atoms with Crippen molar-refractivity contribution in [3.8, 4) is 28.4 Å². The molecule has 0 unspecified atom stereocenters. The average Bonchev–Trinajstić information content (AvgIpc) is 2.73. The lowest BCUT2D eigenvalue weighted by atomic mass is 10.0. The molecule has 2 aromatic heterocycles. The maximum atomic E-state index is 13.3. The summed E-state index contributed by atoms with van der Waals surface area (Å²) in [6, 6.07) is 11.9. The zero-order valence-electron chi connectivity index (χ0n) is 14.8. The van der Waals surface area contributed by atoms with E-state index in [2.05, 4.69) is 25.3 Å². The summed E-state index contributed by atoms with van der Waals surface area (Å²) in [5.74, 6) is 1.44. The van der Waals surface area contributed by atoms with Crippen molar-refractivity contribution in [2.45, 2.75) is 0 Å². The van der Waals surface area contributed by atoms with Gasteiger partial charge in [0.2, 0.25) is 0 Å². The predicted molar refractivity (Wildman–Crippen MR) is 102 cm³/mol. The molecule has 7 heteroatoms. The van der Waals surface area contributed by atoms with Gasteiger partial charge in [-0.2, -0.15) is 0 Å². The molecule has 0 saturated heterocycles. The van der Waals surface area contributed by atoms with Gasteiger partial charge >= 0.3 is 0 Å². The molecule has 0 bridgehead atoms. The summed E-state index contributed by atoms with van der Waals surface area (Å²) in [5.41, 5.74) is 3.04. The second-order valence-electron chi connectivity index (χ2n) is 5.82. The molecule has 2 aromatic carbocycles. The van der Waals surface area contributed by atoms with Crippen molar-refractivity contribution in [3.05, 3.63) is 60.8 Å². The van der Waals surface area contributed by atoms with Crippen LogP contribution in [0.25, 0.3) is 33.5 Å². The fourth-order valence-corrected chi connectivity index (χ4v) is 2.89. The first kappa shape index (κ1) is 16.8. The van der Waals surface area contributed by atoms with Gasteiger partial charge in [0, 0.05) is 18.6 Å². The summed E-state index contributed by atoms with van der Waals surface area (Å²) in [4.78, 5) is 17.4. The zero-order valence-corrected chi connectivity index (χ0v) is 14.8. The fourth-order valence-electron chi connectivity index (χ4n) is 2.89. The molecule has 0 aliphatic heterocycles. The van der Waals surface area contributed by atoms with E-state index in [0.717, 1.165) is 16.5 Å². The van der Waals surface area contributed by atoms with Gasteiger partial charge < -0.3 is 10.1 Å². The highest BCUT2D eigenvalue weighted by molar-refractivity contribution is 5.97. The van der Waals surface area contributed by atoms with Crippen LogP contribution in [0.3, 0.4) is 0 Å². The Kier molecular flexibility index (Phi) is 4.33. The highest BCUT2D eigenvalue weighted by Gasteiger charge is 2.15. The maximum absolute atomic E-state index is 13.3. The Bertz CT molecular complexity index is 1100. The maximum Gasteiger partial charge on any atom is 0.181 e. The van der Waals surface area contributed by atoms with E-state index in [9.17, 15) is 4.39 Å². The lowest BCUT2D eigenvalue weighted by Gasteiger charge is -2.13. The summed E-state index contributed by atoms with van der Waals surface area (Å²) in [7, 11) is 3.39. The van der Waals surface area contributed by atoms with Crippen molar-refractivity contribution in [3.63, 3.8) is 0 Å². The minimum Gasteiger partial charge on any atom is -0.494 e. The van der Waals surface area contributed by atoms with Crippen LogP contribution in [-0.4, -0.2) is 34.1 Å². The highest BCUT2D eigenvalue weighted by Crippen LogP contribution is 2.35. The van der Waals surface area contributed by atoms with Gasteiger partial charge in [-0.3, -0.25) is 0 Å². The zero-order chi connectivity index (χ0) is 18.8. The highest BCUT2D eigenvalue weighted by atomic mass is 19.1. The quantitative estimate of drug-likeness (QED) is 0.593. The van der Waals surface area contributed by atoms with E-state index in [4.69, 9.17) is 4.74 Å². The van der Waals surface area contributed by atoms with Crippen LogP contribution in [0.15, 0.2) is 55.0 Å². The Morgan fingerprint density at radius 3 is 2.48 bits per heavy atom. The molecule has 2 heterocycles. The Morgan fingerprint density at radius 1 is 1.00 bits per heavy atom. The average molecular weight is 361 g/mol. The lowest BCUT2D eigenvalue weighted by Crippen LogP contribution is -2.01. The van der Waals surface area contributed by atoms with Gasteiger partial charge in [-0.05, 0) is 41.5 Å². The van der Waals surface area contributed by atoms with Crippen molar-refractivity contribution in [1.29, 1.82) is 0 Å². The number of anilines is 1. The molecule has 134 valence electrons. The molecule has 0 spiro atoms. The molecule has 4 aromatic rings. The Hall–Kier alpha value is -3.61. The number of hydrogen-bond acceptors (Lipinski definition) is 6. The summed E-state index contributed by atoms with van der Waals surface area (Å²) >= 11 is 0. The third kappa shape index (κ3) is 3.15. The van der Waals surface area contributed by atoms with Crippen molar-refractivity contribution >= 4 is 16.7 Å². The first-order chi connectivity index (χ1) is 13.2. The molecule has 0 fully saturated rings. The molecule has 27 heavy (non-hydrogen) atoms. The third-order valence-electron chi connectivity index (χ3n) is 4.21. The molecule has 0 radical (unpaired) electrons. The van der Waals surface area contributed by atoms with E-state index < -0.39 is 0 Å². The minimum absolute atomic E-state index is 0.278. The number of nitrogens with zero attached hydrogens (tertiary/aromatic N) is 4. The monoisotopic (exact) mass is 361 g/mol. The number of rotatable bonds is 4. The van der Waals surface area contributed by atoms with Crippen LogP contribution in [-0.2, 0) is 0 Å². The Morgan fingerprint density at radius 2 is 1.81 bits per heavy atom. The summed E-state index contributed by atoms with van der Waals surface area (Å²) in [6.07, 6.45) is 3.10. The fraction of sp³-hybridized carbons (Fsp3) is 0.100. The number of benzene rings is 2. The number of aromatic nitrogens is 4. The molecular weight excluding hydrogens is 345 g/mol. The van der Waals surface area contributed by atoms with Crippen LogP contribution >= 0.6 is 0 Å². The van der Waals surface area contributed by atoms with Gasteiger partial charge in [-0.25, -0.2) is 24.3 Å². The second kappa shape index (κ2) is 6.95. The second-order valence-corrected chi connectivity index (χ2v) is 5.82. The molecule has 1 N–H and O–H groups in total.